The second-order valence-electron chi connectivity index (χ2n) is 5.56. The molecule has 0 fully saturated rings. The average Bonchev–Trinajstić information content (AvgIpc) is 3.31. The Bertz CT molecular complexity index is 831. The van der Waals surface area contributed by atoms with Gasteiger partial charge < -0.3 is 9.47 Å². The van der Waals surface area contributed by atoms with Gasteiger partial charge in [-0.3, -0.25) is 0 Å². The molecule has 25 heavy (non-hydrogen) atoms. The van der Waals surface area contributed by atoms with Gasteiger partial charge in [0.1, 0.15) is 5.71 Å². The van der Waals surface area contributed by atoms with Gasteiger partial charge in [-0.1, -0.05) is 18.2 Å². The van der Waals surface area contributed by atoms with Crippen LogP contribution in [-0.4, -0.2) is 49.9 Å². The Labute approximate surface area is 143 Å². The van der Waals surface area contributed by atoms with Crippen molar-refractivity contribution in [2.75, 3.05) is 6.61 Å². The summed E-state index contributed by atoms with van der Waals surface area (Å²) in [7, 11) is 0. The highest BCUT2D eigenvalue weighted by atomic mass is 16.6. The molecule has 1 aromatic carbocycles. The van der Waals surface area contributed by atoms with Crippen molar-refractivity contribution in [2.45, 2.75) is 19.6 Å². The fourth-order valence-electron chi connectivity index (χ4n) is 2.86. The van der Waals surface area contributed by atoms with Crippen molar-refractivity contribution in [3.63, 3.8) is 0 Å². The van der Waals surface area contributed by atoms with Gasteiger partial charge >= 0.3 is 6.09 Å². The third-order valence-corrected chi connectivity index (χ3v) is 3.99. The van der Waals surface area contributed by atoms with Crippen molar-refractivity contribution in [1.29, 1.82) is 0 Å². The van der Waals surface area contributed by atoms with Gasteiger partial charge in [-0.2, -0.15) is 14.8 Å². The first kappa shape index (κ1) is 15.3. The Hall–Kier alpha value is -3.23. The topological polar surface area (TPSA) is 94.7 Å². The molecular formula is C16H16N6O3. The van der Waals surface area contributed by atoms with Crippen molar-refractivity contribution in [3.8, 4) is 5.69 Å². The molecule has 2 aliphatic heterocycles. The molecule has 9 nitrogen and oxygen atoms in total. The maximum atomic E-state index is 12.2. The maximum Gasteiger partial charge on any atom is 0.433 e. The minimum atomic E-state index is -0.558. The van der Waals surface area contributed by atoms with Gasteiger partial charge in [0, 0.05) is 12.3 Å². The molecule has 9 heteroatoms. The van der Waals surface area contributed by atoms with Gasteiger partial charge in [0.2, 0.25) is 12.1 Å². The monoisotopic (exact) mass is 340 g/mol. The van der Waals surface area contributed by atoms with Crippen LogP contribution in [0.5, 0.6) is 0 Å². The number of rotatable bonds is 3. The summed E-state index contributed by atoms with van der Waals surface area (Å²) in [5.74, 6) is 0.456. The zero-order valence-electron chi connectivity index (χ0n) is 13.5. The number of fused-ring (bicyclic) bond motifs is 1. The maximum absolute atomic E-state index is 12.2. The Morgan fingerprint density at radius 2 is 2.20 bits per heavy atom. The molecule has 2 aromatic rings. The molecular weight excluding hydrogens is 324 g/mol. The lowest BCUT2D eigenvalue weighted by Crippen LogP contribution is -2.45. The van der Waals surface area contributed by atoms with E-state index in [1.807, 2.05) is 36.4 Å². The third kappa shape index (κ3) is 2.73. The summed E-state index contributed by atoms with van der Waals surface area (Å²) >= 11 is 0. The molecule has 0 radical (unpaired) electrons. The zero-order chi connectivity index (χ0) is 17.2. The minimum absolute atomic E-state index is 0.0298. The predicted molar refractivity (Wildman–Crippen MR) is 86.7 cm³/mol. The van der Waals surface area contributed by atoms with Crippen molar-refractivity contribution >= 4 is 11.8 Å². The van der Waals surface area contributed by atoms with Crippen molar-refractivity contribution in [2.24, 2.45) is 11.0 Å². The number of aromatic nitrogens is 4. The predicted octanol–water partition coefficient (Wildman–Crippen LogP) is 1.71. The first-order valence-electron chi connectivity index (χ1n) is 7.97. The highest BCUT2D eigenvalue weighted by Gasteiger charge is 2.40. The Morgan fingerprint density at radius 3 is 3.00 bits per heavy atom. The summed E-state index contributed by atoms with van der Waals surface area (Å²) in [6.45, 7) is 2.00. The molecule has 1 amide bonds. The van der Waals surface area contributed by atoms with Crippen molar-refractivity contribution < 1.29 is 14.3 Å². The van der Waals surface area contributed by atoms with E-state index in [1.165, 1.54) is 5.01 Å². The lowest BCUT2D eigenvalue weighted by molar-refractivity contribution is -0.0208. The molecule has 2 atom stereocenters. The quantitative estimate of drug-likeness (QED) is 0.844. The highest BCUT2D eigenvalue weighted by Crippen LogP contribution is 2.31. The molecule has 4 rings (SSSR count). The molecule has 1 aromatic heterocycles. The molecule has 0 saturated heterocycles. The number of ether oxygens (including phenoxy) is 2. The van der Waals surface area contributed by atoms with Crippen LogP contribution >= 0.6 is 0 Å². The fraction of sp³-hybridized carbons (Fsp3) is 0.312. The number of hydrogen-bond donors (Lipinski definition) is 0. The van der Waals surface area contributed by atoms with Crippen LogP contribution in [0.4, 0.5) is 4.79 Å². The average molecular weight is 340 g/mol. The van der Waals surface area contributed by atoms with Crippen LogP contribution in [-0.2, 0) is 9.47 Å². The van der Waals surface area contributed by atoms with E-state index in [2.05, 4.69) is 20.6 Å². The Balaban J connectivity index is 1.73. The van der Waals surface area contributed by atoms with Crippen LogP contribution in [0.2, 0.25) is 0 Å². The summed E-state index contributed by atoms with van der Waals surface area (Å²) < 4.78 is 12.2. The van der Waals surface area contributed by atoms with E-state index in [-0.39, 0.29) is 12.5 Å². The molecule has 128 valence electrons. The second-order valence-corrected chi connectivity index (χ2v) is 5.56. The van der Waals surface area contributed by atoms with Crippen molar-refractivity contribution in [3.05, 3.63) is 48.5 Å². The summed E-state index contributed by atoms with van der Waals surface area (Å²) in [5, 5.41) is 17.5. The summed E-state index contributed by atoms with van der Waals surface area (Å²) in [6.07, 6.45) is 2.99. The molecule has 2 unspecified atom stereocenters. The summed E-state index contributed by atoms with van der Waals surface area (Å²) in [6, 6.07) is 9.51. The normalized spacial score (nSPS) is 21.5. The number of carbonyl (C=O) groups excluding carboxylic acids is 1. The largest absolute Gasteiger partial charge is 0.476 e. The van der Waals surface area contributed by atoms with Gasteiger partial charge in [-0.15, -0.1) is 5.10 Å². The van der Waals surface area contributed by atoms with Crippen LogP contribution < -0.4 is 0 Å². The van der Waals surface area contributed by atoms with E-state index in [1.54, 1.807) is 17.9 Å². The number of hydrogen-bond acceptors (Lipinski definition) is 7. The lowest BCUT2D eigenvalue weighted by Gasteiger charge is -2.31. The van der Waals surface area contributed by atoms with Crippen LogP contribution in [0.3, 0.4) is 0 Å². The van der Waals surface area contributed by atoms with E-state index in [4.69, 9.17) is 9.47 Å². The third-order valence-electron chi connectivity index (χ3n) is 3.99. The van der Waals surface area contributed by atoms with E-state index < -0.39 is 12.3 Å². The molecule has 3 heterocycles. The summed E-state index contributed by atoms with van der Waals surface area (Å²) in [4.78, 5) is 12.2. The second kappa shape index (κ2) is 6.34. The SMILES string of the molecule is CCOC(=O)N1N=C(c2nnnn2-c2ccccc2)CC2C=COC21. The Kier molecular flexibility index (Phi) is 3.88. The van der Waals surface area contributed by atoms with Crippen LogP contribution in [0.25, 0.3) is 5.69 Å². The number of hydrazone groups is 1. The number of benzene rings is 1. The summed E-state index contributed by atoms with van der Waals surface area (Å²) in [5.41, 5.74) is 1.41. The van der Waals surface area contributed by atoms with E-state index in [0.29, 0.717) is 18.0 Å². The van der Waals surface area contributed by atoms with Gasteiger partial charge in [0.15, 0.2) is 0 Å². The van der Waals surface area contributed by atoms with E-state index in [9.17, 15) is 4.79 Å². The smallest absolute Gasteiger partial charge is 0.433 e. The highest BCUT2D eigenvalue weighted by molar-refractivity contribution is 5.99. The lowest BCUT2D eigenvalue weighted by atomic mass is 9.99. The molecule has 0 spiro atoms. The number of carbonyl (C=O) groups is 1. The number of amides is 1. The van der Waals surface area contributed by atoms with Gasteiger partial charge in [-0.05, 0) is 35.6 Å². The number of nitrogens with zero attached hydrogens (tertiary/aromatic N) is 6. The van der Waals surface area contributed by atoms with Crippen molar-refractivity contribution in [1.82, 2.24) is 25.2 Å². The van der Waals surface area contributed by atoms with Gasteiger partial charge in [-0.25, -0.2) is 4.79 Å². The first-order valence-corrected chi connectivity index (χ1v) is 7.97. The standard InChI is InChI=1S/C16H16N6O3/c1-2-24-16(23)22-15-11(8-9-25-15)10-13(18-22)14-17-19-20-21(14)12-6-4-3-5-7-12/h3-9,11,15H,2,10H2,1H3. The fourth-order valence-corrected chi connectivity index (χ4v) is 2.86. The number of para-hydroxylation sites is 1. The molecule has 2 aliphatic rings. The molecule has 0 aliphatic carbocycles. The van der Waals surface area contributed by atoms with E-state index >= 15 is 0 Å². The zero-order valence-corrected chi connectivity index (χ0v) is 13.5. The van der Waals surface area contributed by atoms with Gasteiger partial charge in [0.05, 0.1) is 18.6 Å². The Morgan fingerprint density at radius 1 is 1.36 bits per heavy atom. The first-order chi connectivity index (χ1) is 12.3. The number of tetrazole rings is 1. The minimum Gasteiger partial charge on any atom is -0.476 e. The van der Waals surface area contributed by atoms with Crippen LogP contribution in [0, 0.1) is 5.92 Å². The van der Waals surface area contributed by atoms with E-state index in [0.717, 1.165) is 5.69 Å². The molecule has 0 N–H and O–H groups in total. The van der Waals surface area contributed by atoms with Gasteiger partial charge in [0.25, 0.3) is 0 Å². The molecule has 0 bridgehead atoms. The van der Waals surface area contributed by atoms with Crippen LogP contribution in [0.15, 0.2) is 47.8 Å². The van der Waals surface area contributed by atoms with Crippen LogP contribution in [0.1, 0.15) is 19.2 Å². The molecule has 0 saturated carbocycles.